The predicted octanol–water partition coefficient (Wildman–Crippen LogP) is 3.01. The van der Waals surface area contributed by atoms with Crippen molar-refractivity contribution in [2.45, 2.75) is 68.3 Å². The minimum Gasteiger partial charge on any atom is -0.377 e. The molecule has 1 aromatic carbocycles. The second-order valence-corrected chi connectivity index (χ2v) is 11.7. The van der Waals surface area contributed by atoms with E-state index < -0.39 is 10.0 Å². The number of morpholine rings is 1. The van der Waals surface area contributed by atoms with Crippen LogP contribution in [0.25, 0.3) is 10.9 Å². The van der Waals surface area contributed by atoms with Crippen molar-refractivity contribution < 1.29 is 17.9 Å². The van der Waals surface area contributed by atoms with Crippen LogP contribution in [0, 0.1) is 17.2 Å². The molecule has 0 spiro atoms. The fourth-order valence-corrected chi connectivity index (χ4v) is 6.91. The van der Waals surface area contributed by atoms with Gasteiger partial charge in [0.1, 0.15) is 6.07 Å². The summed E-state index contributed by atoms with van der Waals surface area (Å²) in [4.78, 5) is 15.1. The lowest BCUT2D eigenvalue weighted by Crippen LogP contribution is -2.50. The lowest BCUT2D eigenvalue weighted by molar-refractivity contribution is -0.144. The summed E-state index contributed by atoms with van der Waals surface area (Å²) in [7, 11) is -1.80. The predicted molar refractivity (Wildman–Crippen MR) is 128 cm³/mol. The molecule has 3 aliphatic rings. The summed E-state index contributed by atoms with van der Waals surface area (Å²) in [6.07, 6.45) is 4.80. The SMILES string of the molecule is C[C@@H]1COCCN1C(=O)[C@H]1CC[C@H](NS(=O)(=O)c2ccc3c(C#N)c(C4CC4)n(C)c3c2)CC1. The molecule has 1 atom stereocenters. The molecule has 2 aromatic rings. The third-order valence-corrected chi connectivity index (χ3v) is 9.17. The summed E-state index contributed by atoms with van der Waals surface area (Å²) in [6.45, 7) is 3.79. The van der Waals surface area contributed by atoms with E-state index in [4.69, 9.17) is 4.74 Å². The number of aryl methyl sites for hydroxylation is 1. The Morgan fingerprint density at radius 3 is 2.56 bits per heavy atom. The summed E-state index contributed by atoms with van der Waals surface area (Å²) in [5.41, 5.74) is 2.45. The van der Waals surface area contributed by atoms with Gasteiger partial charge in [0.15, 0.2) is 0 Å². The number of carbonyl (C=O) groups excluding carboxylic acids is 1. The van der Waals surface area contributed by atoms with E-state index in [-0.39, 0.29) is 28.8 Å². The molecule has 1 aliphatic heterocycles. The molecule has 1 saturated heterocycles. The minimum atomic E-state index is -3.71. The largest absolute Gasteiger partial charge is 0.377 e. The smallest absolute Gasteiger partial charge is 0.240 e. The quantitative estimate of drug-likeness (QED) is 0.703. The van der Waals surface area contributed by atoms with Gasteiger partial charge < -0.3 is 14.2 Å². The number of rotatable bonds is 5. The van der Waals surface area contributed by atoms with Crippen LogP contribution in [0.3, 0.4) is 0 Å². The van der Waals surface area contributed by atoms with E-state index in [1.165, 1.54) is 0 Å². The number of hydrogen-bond acceptors (Lipinski definition) is 5. The van der Waals surface area contributed by atoms with Crippen molar-refractivity contribution >= 4 is 26.8 Å². The van der Waals surface area contributed by atoms with Crippen LogP contribution < -0.4 is 4.72 Å². The molecule has 1 aromatic heterocycles. The first kappa shape index (κ1) is 23.3. The first-order valence-corrected chi connectivity index (χ1v) is 13.7. The standard InChI is InChI=1S/C25H32N4O4S/c1-16-15-33-12-11-29(16)25(30)18-5-7-19(8-6-18)27-34(31,32)20-9-10-21-22(14-26)24(17-3-4-17)28(2)23(21)13-20/h9-10,13,16-19,27H,3-8,11-12,15H2,1-2H3/t16-,18-,19-/m1/s1. The minimum absolute atomic E-state index is 0.0497. The molecule has 0 radical (unpaired) electrons. The van der Waals surface area contributed by atoms with Crippen LogP contribution in [0.5, 0.6) is 0 Å². The maximum atomic E-state index is 13.2. The molecule has 0 unspecified atom stereocenters. The molecule has 2 saturated carbocycles. The number of sulfonamides is 1. The highest BCUT2D eigenvalue weighted by atomic mass is 32.2. The Hall–Kier alpha value is -2.41. The van der Waals surface area contributed by atoms with Crippen molar-refractivity contribution in [2.75, 3.05) is 19.8 Å². The molecular formula is C25H32N4O4S. The maximum Gasteiger partial charge on any atom is 0.240 e. The zero-order valence-corrected chi connectivity index (χ0v) is 20.6. The van der Waals surface area contributed by atoms with Crippen LogP contribution in [-0.4, -0.2) is 55.6 Å². The van der Waals surface area contributed by atoms with Crippen LogP contribution in [0.1, 0.15) is 62.6 Å². The normalized spacial score (nSPS) is 25.9. The van der Waals surface area contributed by atoms with Crippen molar-refractivity contribution in [1.82, 2.24) is 14.2 Å². The van der Waals surface area contributed by atoms with Gasteiger partial charge in [-0.3, -0.25) is 4.79 Å². The molecule has 2 heterocycles. The molecule has 1 N–H and O–H groups in total. The molecule has 2 aliphatic carbocycles. The molecule has 0 bridgehead atoms. The van der Waals surface area contributed by atoms with Gasteiger partial charge in [0.25, 0.3) is 0 Å². The van der Waals surface area contributed by atoms with Crippen molar-refractivity contribution in [3.63, 3.8) is 0 Å². The van der Waals surface area contributed by atoms with E-state index in [1.54, 1.807) is 18.2 Å². The molecule has 3 fully saturated rings. The number of ether oxygens (including phenoxy) is 1. The van der Waals surface area contributed by atoms with Gasteiger partial charge in [-0.15, -0.1) is 0 Å². The van der Waals surface area contributed by atoms with Gasteiger partial charge in [-0.25, -0.2) is 13.1 Å². The first-order valence-electron chi connectivity index (χ1n) is 12.2. The van der Waals surface area contributed by atoms with Crippen LogP contribution in [0.15, 0.2) is 23.1 Å². The number of fused-ring (bicyclic) bond motifs is 1. The molecule has 182 valence electrons. The molecule has 9 heteroatoms. The summed E-state index contributed by atoms with van der Waals surface area (Å²) in [5, 5.41) is 10.5. The zero-order valence-electron chi connectivity index (χ0n) is 19.8. The second-order valence-electron chi connectivity index (χ2n) is 10.0. The molecule has 8 nitrogen and oxygen atoms in total. The highest BCUT2D eigenvalue weighted by molar-refractivity contribution is 7.89. The fraction of sp³-hybridized carbons (Fsp3) is 0.600. The highest BCUT2D eigenvalue weighted by Gasteiger charge is 2.35. The van der Waals surface area contributed by atoms with E-state index >= 15 is 0 Å². The van der Waals surface area contributed by atoms with Gasteiger partial charge in [0.05, 0.1) is 35.2 Å². The Kier molecular flexibility index (Phi) is 6.17. The van der Waals surface area contributed by atoms with Crippen LogP contribution in [-0.2, 0) is 26.6 Å². The first-order chi connectivity index (χ1) is 16.3. The zero-order chi connectivity index (χ0) is 24.0. The number of aromatic nitrogens is 1. The van der Waals surface area contributed by atoms with Crippen molar-refractivity contribution in [1.29, 1.82) is 5.26 Å². The van der Waals surface area contributed by atoms with Crippen LogP contribution >= 0.6 is 0 Å². The van der Waals surface area contributed by atoms with Gasteiger partial charge in [-0.2, -0.15) is 5.26 Å². The Bertz CT molecular complexity index is 1250. The fourth-order valence-electron chi connectivity index (χ4n) is 5.59. The number of amides is 1. The van der Waals surface area contributed by atoms with Gasteiger partial charge >= 0.3 is 0 Å². The van der Waals surface area contributed by atoms with E-state index in [9.17, 15) is 18.5 Å². The number of hydrogen-bond donors (Lipinski definition) is 1. The average molecular weight is 485 g/mol. The van der Waals surface area contributed by atoms with E-state index in [0.717, 1.165) is 29.4 Å². The van der Waals surface area contributed by atoms with Crippen molar-refractivity contribution in [2.24, 2.45) is 13.0 Å². The third kappa shape index (κ3) is 4.23. The number of carbonyl (C=O) groups is 1. The Balaban J connectivity index is 1.28. The van der Waals surface area contributed by atoms with E-state index in [0.29, 0.717) is 56.9 Å². The molecule has 1 amide bonds. The Morgan fingerprint density at radius 2 is 1.91 bits per heavy atom. The maximum absolute atomic E-state index is 13.2. The third-order valence-electron chi connectivity index (χ3n) is 7.65. The summed E-state index contributed by atoms with van der Waals surface area (Å²) in [6, 6.07) is 7.26. The highest BCUT2D eigenvalue weighted by Crippen LogP contribution is 2.44. The number of benzene rings is 1. The monoisotopic (exact) mass is 484 g/mol. The van der Waals surface area contributed by atoms with Gasteiger partial charge in [0, 0.05) is 42.6 Å². The number of nitrogens with zero attached hydrogens (tertiary/aromatic N) is 3. The van der Waals surface area contributed by atoms with E-state index in [2.05, 4.69) is 10.8 Å². The molecule has 34 heavy (non-hydrogen) atoms. The topological polar surface area (TPSA) is 104 Å². The van der Waals surface area contributed by atoms with Crippen molar-refractivity contribution in [3.05, 3.63) is 29.5 Å². The molecule has 5 rings (SSSR count). The number of nitriles is 1. The summed E-state index contributed by atoms with van der Waals surface area (Å²) < 4.78 is 36.7. The van der Waals surface area contributed by atoms with Crippen molar-refractivity contribution in [3.8, 4) is 6.07 Å². The summed E-state index contributed by atoms with van der Waals surface area (Å²) in [5.74, 6) is 0.515. The number of nitrogens with one attached hydrogen (secondary N) is 1. The van der Waals surface area contributed by atoms with Gasteiger partial charge in [-0.05, 0) is 57.6 Å². The Morgan fingerprint density at radius 1 is 1.18 bits per heavy atom. The molecular weight excluding hydrogens is 452 g/mol. The average Bonchev–Trinajstić information content (AvgIpc) is 3.63. The van der Waals surface area contributed by atoms with Crippen LogP contribution in [0.2, 0.25) is 0 Å². The van der Waals surface area contributed by atoms with Gasteiger partial charge in [0.2, 0.25) is 15.9 Å². The Labute approximate surface area is 200 Å². The lowest BCUT2D eigenvalue weighted by Gasteiger charge is -2.37. The summed E-state index contributed by atoms with van der Waals surface area (Å²) >= 11 is 0. The second kappa shape index (κ2) is 8.99. The van der Waals surface area contributed by atoms with Gasteiger partial charge in [-0.1, -0.05) is 6.07 Å². The lowest BCUT2D eigenvalue weighted by atomic mass is 9.85. The van der Waals surface area contributed by atoms with Crippen LogP contribution in [0.4, 0.5) is 0 Å². The van der Waals surface area contributed by atoms with E-state index in [1.807, 2.05) is 23.4 Å².